The average molecular weight is 333 g/mol. The van der Waals surface area contributed by atoms with E-state index >= 15 is 0 Å². The summed E-state index contributed by atoms with van der Waals surface area (Å²) in [5, 5.41) is 2.66. The molecular weight excluding hydrogens is 317 g/mol. The summed E-state index contributed by atoms with van der Waals surface area (Å²) in [5.74, 6) is -0.949. The molecule has 0 fully saturated rings. The molecule has 1 N–H and O–H groups in total. The highest BCUT2D eigenvalue weighted by molar-refractivity contribution is 7.84. The summed E-state index contributed by atoms with van der Waals surface area (Å²) in [6.45, 7) is 0.469. The number of ether oxygens (including phenoxy) is 1. The van der Waals surface area contributed by atoms with Gasteiger partial charge in [0.05, 0.1) is 22.3 Å². The van der Waals surface area contributed by atoms with Crippen molar-refractivity contribution in [1.82, 2.24) is 0 Å². The van der Waals surface area contributed by atoms with E-state index in [4.69, 9.17) is 4.74 Å². The normalized spacial score (nSPS) is 18.1. The molecular formula is C17H16FNO3S. The van der Waals surface area contributed by atoms with Crippen molar-refractivity contribution in [2.24, 2.45) is 0 Å². The summed E-state index contributed by atoms with van der Waals surface area (Å²) in [6.07, 6.45) is 1.47. The zero-order valence-corrected chi connectivity index (χ0v) is 13.4. The Kier molecular flexibility index (Phi) is 4.54. The first-order valence-corrected chi connectivity index (χ1v) is 8.75. The van der Waals surface area contributed by atoms with Gasteiger partial charge in [0.1, 0.15) is 5.82 Å². The Hall–Kier alpha value is -2.05. The van der Waals surface area contributed by atoms with Gasteiger partial charge in [0, 0.05) is 11.9 Å². The van der Waals surface area contributed by atoms with Gasteiger partial charge in [0.15, 0.2) is 6.10 Å². The largest absolute Gasteiger partial charge is 0.363 e. The Morgan fingerprint density at radius 1 is 1.30 bits per heavy atom. The molecule has 3 rings (SSSR count). The molecule has 0 aromatic heterocycles. The first kappa shape index (κ1) is 15.8. The number of rotatable bonds is 3. The minimum Gasteiger partial charge on any atom is -0.363 e. The second kappa shape index (κ2) is 6.60. The molecule has 2 aromatic carbocycles. The van der Waals surface area contributed by atoms with E-state index in [-0.39, 0.29) is 10.8 Å². The molecule has 0 saturated heterocycles. The predicted molar refractivity (Wildman–Crippen MR) is 86.2 cm³/mol. The number of hydrogen-bond acceptors (Lipinski definition) is 3. The average Bonchev–Trinajstić information content (AvgIpc) is 2.54. The monoisotopic (exact) mass is 333 g/mol. The molecule has 1 heterocycles. The van der Waals surface area contributed by atoms with Gasteiger partial charge in [-0.15, -0.1) is 0 Å². The lowest BCUT2D eigenvalue weighted by atomic mass is 9.97. The van der Waals surface area contributed by atoms with Crippen molar-refractivity contribution in [2.45, 2.75) is 17.4 Å². The standard InChI is InChI=1S/C17H16FNO3S/c1-23(21)15-7-6-12(10-14(15)18)19-17(20)16-13-5-3-2-4-11(13)8-9-22-16/h2-7,10,16H,8-9H2,1H3,(H,19,20). The van der Waals surface area contributed by atoms with E-state index in [0.29, 0.717) is 12.3 Å². The Bertz CT molecular complexity index is 778. The van der Waals surface area contributed by atoms with E-state index < -0.39 is 22.7 Å². The lowest BCUT2D eigenvalue weighted by Gasteiger charge is -2.25. The molecule has 1 aliphatic rings. The van der Waals surface area contributed by atoms with Crippen LogP contribution >= 0.6 is 0 Å². The fraction of sp³-hybridized carbons (Fsp3) is 0.235. The summed E-state index contributed by atoms with van der Waals surface area (Å²) in [5.41, 5.74) is 2.23. The van der Waals surface area contributed by atoms with Crippen molar-refractivity contribution >= 4 is 22.4 Å². The minimum absolute atomic E-state index is 0.113. The molecule has 1 aliphatic heterocycles. The van der Waals surface area contributed by atoms with E-state index in [1.54, 1.807) is 0 Å². The van der Waals surface area contributed by atoms with E-state index in [0.717, 1.165) is 17.5 Å². The van der Waals surface area contributed by atoms with Gasteiger partial charge < -0.3 is 10.1 Å². The molecule has 2 unspecified atom stereocenters. The highest BCUT2D eigenvalue weighted by Gasteiger charge is 2.27. The van der Waals surface area contributed by atoms with Crippen LogP contribution in [0.3, 0.4) is 0 Å². The number of amides is 1. The van der Waals surface area contributed by atoms with Gasteiger partial charge in [-0.3, -0.25) is 9.00 Å². The van der Waals surface area contributed by atoms with Crippen LogP contribution in [0.15, 0.2) is 47.4 Å². The molecule has 23 heavy (non-hydrogen) atoms. The molecule has 4 nitrogen and oxygen atoms in total. The molecule has 120 valence electrons. The molecule has 0 radical (unpaired) electrons. The third kappa shape index (κ3) is 3.33. The van der Waals surface area contributed by atoms with Gasteiger partial charge in [0.2, 0.25) is 0 Å². The van der Waals surface area contributed by atoms with Crippen molar-refractivity contribution in [2.75, 3.05) is 18.2 Å². The first-order chi connectivity index (χ1) is 11.1. The van der Waals surface area contributed by atoms with Gasteiger partial charge in [-0.25, -0.2) is 4.39 Å². The van der Waals surface area contributed by atoms with Crippen LogP contribution in [0.1, 0.15) is 17.2 Å². The topological polar surface area (TPSA) is 55.4 Å². The molecule has 6 heteroatoms. The highest BCUT2D eigenvalue weighted by Crippen LogP contribution is 2.28. The summed E-state index contributed by atoms with van der Waals surface area (Å²) < 4.78 is 30.8. The van der Waals surface area contributed by atoms with Gasteiger partial charge in [-0.1, -0.05) is 24.3 Å². The SMILES string of the molecule is CS(=O)c1ccc(NC(=O)C2OCCc3ccccc32)cc1F. The number of nitrogens with one attached hydrogen (secondary N) is 1. The maximum Gasteiger partial charge on any atom is 0.258 e. The Morgan fingerprint density at radius 3 is 2.83 bits per heavy atom. The molecule has 1 amide bonds. The fourth-order valence-electron chi connectivity index (χ4n) is 2.63. The number of hydrogen-bond donors (Lipinski definition) is 1. The van der Waals surface area contributed by atoms with Crippen LogP contribution in [0, 0.1) is 5.82 Å². The number of carbonyl (C=O) groups is 1. The summed E-state index contributed by atoms with van der Waals surface area (Å²) in [6, 6.07) is 11.7. The zero-order chi connectivity index (χ0) is 16.4. The Morgan fingerprint density at radius 2 is 2.09 bits per heavy atom. The van der Waals surface area contributed by atoms with Gasteiger partial charge >= 0.3 is 0 Å². The Labute approximate surface area is 136 Å². The lowest BCUT2D eigenvalue weighted by Crippen LogP contribution is -2.28. The quantitative estimate of drug-likeness (QED) is 0.940. The zero-order valence-electron chi connectivity index (χ0n) is 12.5. The highest BCUT2D eigenvalue weighted by atomic mass is 32.2. The molecule has 0 aliphatic carbocycles. The van der Waals surface area contributed by atoms with Crippen LogP contribution in [0.4, 0.5) is 10.1 Å². The smallest absolute Gasteiger partial charge is 0.258 e. The maximum atomic E-state index is 13.9. The van der Waals surface area contributed by atoms with E-state index in [9.17, 15) is 13.4 Å². The van der Waals surface area contributed by atoms with Crippen LogP contribution in [0.25, 0.3) is 0 Å². The van der Waals surface area contributed by atoms with Crippen LogP contribution < -0.4 is 5.32 Å². The number of anilines is 1. The molecule has 2 atom stereocenters. The van der Waals surface area contributed by atoms with Gasteiger partial charge in [-0.2, -0.15) is 0 Å². The van der Waals surface area contributed by atoms with Crippen molar-refractivity contribution < 1.29 is 18.1 Å². The van der Waals surface area contributed by atoms with Crippen LogP contribution in [-0.2, 0) is 26.8 Å². The summed E-state index contributed by atoms with van der Waals surface area (Å²) >= 11 is 0. The van der Waals surface area contributed by atoms with Crippen LogP contribution in [0.5, 0.6) is 0 Å². The van der Waals surface area contributed by atoms with Crippen molar-refractivity contribution in [3.63, 3.8) is 0 Å². The third-order valence-electron chi connectivity index (χ3n) is 3.74. The molecule has 0 saturated carbocycles. The number of benzene rings is 2. The van der Waals surface area contributed by atoms with Gasteiger partial charge in [0.25, 0.3) is 5.91 Å². The van der Waals surface area contributed by atoms with E-state index in [2.05, 4.69) is 5.32 Å². The summed E-state index contributed by atoms with van der Waals surface area (Å²) in [7, 11) is -1.41. The lowest BCUT2D eigenvalue weighted by molar-refractivity contribution is -0.128. The van der Waals surface area contributed by atoms with E-state index in [1.165, 1.54) is 24.5 Å². The van der Waals surface area contributed by atoms with Gasteiger partial charge in [-0.05, 0) is 35.7 Å². The van der Waals surface area contributed by atoms with Crippen LogP contribution in [-0.4, -0.2) is 23.0 Å². The molecule has 0 bridgehead atoms. The molecule has 0 spiro atoms. The number of carbonyl (C=O) groups excluding carboxylic acids is 1. The first-order valence-electron chi connectivity index (χ1n) is 7.19. The maximum absolute atomic E-state index is 13.9. The number of fused-ring (bicyclic) bond motifs is 1. The summed E-state index contributed by atoms with van der Waals surface area (Å²) in [4.78, 5) is 12.6. The molecule has 2 aromatic rings. The predicted octanol–water partition coefficient (Wildman–Crippen LogP) is 2.82. The van der Waals surface area contributed by atoms with E-state index in [1.807, 2.05) is 24.3 Å². The Balaban J connectivity index is 1.80. The van der Waals surface area contributed by atoms with Crippen molar-refractivity contribution in [3.8, 4) is 0 Å². The second-order valence-electron chi connectivity index (χ2n) is 5.29. The minimum atomic E-state index is -1.41. The van der Waals surface area contributed by atoms with Crippen molar-refractivity contribution in [1.29, 1.82) is 0 Å². The number of halogens is 1. The second-order valence-corrected chi connectivity index (χ2v) is 6.64. The fourth-order valence-corrected chi connectivity index (χ4v) is 3.22. The van der Waals surface area contributed by atoms with Crippen molar-refractivity contribution in [3.05, 3.63) is 59.4 Å². The van der Waals surface area contributed by atoms with Crippen LogP contribution in [0.2, 0.25) is 0 Å². The third-order valence-corrected chi connectivity index (χ3v) is 4.69.